The highest BCUT2D eigenvalue weighted by molar-refractivity contribution is 5.70. The first-order valence-corrected chi connectivity index (χ1v) is 8.13. The molecule has 9 heteroatoms. The predicted octanol–water partition coefficient (Wildman–Crippen LogP) is -1.60. The van der Waals surface area contributed by atoms with Crippen molar-refractivity contribution in [2.75, 3.05) is 19.6 Å². The molecule has 1 fully saturated rings. The Morgan fingerprint density at radius 2 is 2.25 bits per heavy atom. The van der Waals surface area contributed by atoms with Crippen LogP contribution in [-0.4, -0.2) is 55.7 Å². The second-order valence-electron chi connectivity index (χ2n) is 6.31. The maximum absolute atomic E-state index is 12.3. The molecule has 1 amide bonds. The monoisotopic (exact) mass is 404 g/mol. The topological polar surface area (TPSA) is 98.3 Å². The van der Waals surface area contributed by atoms with Gasteiger partial charge in [-0.05, 0) is 11.3 Å². The van der Waals surface area contributed by atoms with E-state index in [1.807, 2.05) is 0 Å². The molecule has 0 saturated carbocycles. The molecule has 0 spiro atoms. The van der Waals surface area contributed by atoms with Crippen molar-refractivity contribution < 1.29 is 36.3 Å². The van der Waals surface area contributed by atoms with Gasteiger partial charge in [0.15, 0.2) is 5.82 Å². The SMILES string of the molecule is CCCC[N+]1(CC(O)Cn2c([N+](=O)[O-])cnc2C)CCCC1=O.[Br-]. The standard InChI is InChI=1S/C15H25N4O4.BrH/c1-3-4-7-19(8-5-6-15(19)21)11-13(20)10-17-12(2)16-9-14(17)18(22)23;/h9,13,20H,3-8,10-11H2,1-2H3;1H/q+1;/p-1. The number of unbranched alkanes of at least 4 members (excludes halogenated alkanes) is 1. The summed E-state index contributed by atoms with van der Waals surface area (Å²) in [5.74, 6) is 0.535. The van der Waals surface area contributed by atoms with E-state index in [1.54, 1.807) is 6.92 Å². The summed E-state index contributed by atoms with van der Waals surface area (Å²) in [5, 5.41) is 21.5. The minimum Gasteiger partial charge on any atom is -1.00 e. The van der Waals surface area contributed by atoms with Gasteiger partial charge in [-0.2, -0.15) is 0 Å². The molecule has 1 aromatic rings. The average Bonchev–Trinajstić information content (AvgIpc) is 3.02. The average molecular weight is 405 g/mol. The number of aryl methyl sites for hydroxylation is 1. The van der Waals surface area contributed by atoms with Gasteiger partial charge in [0.1, 0.15) is 25.4 Å². The summed E-state index contributed by atoms with van der Waals surface area (Å²) in [5.41, 5.74) is 0. The van der Waals surface area contributed by atoms with Crippen molar-refractivity contribution >= 4 is 11.7 Å². The van der Waals surface area contributed by atoms with E-state index in [1.165, 1.54) is 10.8 Å². The number of carbonyl (C=O) groups excluding carboxylic acids is 1. The van der Waals surface area contributed by atoms with Crippen LogP contribution in [0.25, 0.3) is 0 Å². The van der Waals surface area contributed by atoms with E-state index in [0.29, 0.717) is 23.3 Å². The van der Waals surface area contributed by atoms with E-state index >= 15 is 0 Å². The molecule has 0 radical (unpaired) electrons. The lowest BCUT2D eigenvalue weighted by Gasteiger charge is -2.33. The van der Waals surface area contributed by atoms with Crippen molar-refractivity contribution in [3.63, 3.8) is 0 Å². The van der Waals surface area contributed by atoms with E-state index in [4.69, 9.17) is 0 Å². The van der Waals surface area contributed by atoms with Gasteiger partial charge in [-0.3, -0.25) is 4.48 Å². The summed E-state index contributed by atoms with van der Waals surface area (Å²) in [7, 11) is 0. The van der Waals surface area contributed by atoms with Crippen LogP contribution in [0, 0.1) is 17.0 Å². The van der Waals surface area contributed by atoms with E-state index in [0.717, 1.165) is 32.4 Å². The number of aliphatic hydroxyl groups excluding tert-OH is 1. The fourth-order valence-corrected chi connectivity index (χ4v) is 3.38. The molecule has 2 heterocycles. The lowest BCUT2D eigenvalue weighted by molar-refractivity contribution is -0.850. The second kappa shape index (κ2) is 8.68. The third-order valence-corrected chi connectivity index (χ3v) is 4.62. The number of hydrogen-bond acceptors (Lipinski definition) is 5. The summed E-state index contributed by atoms with van der Waals surface area (Å²) in [6.07, 6.45) is 3.71. The largest absolute Gasteiger partial charge is 1.00 e. The third kappa shape index (κ3) is 4.40. The third-order valence-electron chi connectivity index (χ3n) is 4.62. The molecule has 2 atom stereocenters. The molecule has 8 nitrogen and oxygen atoms in total. The lowest BCUT2D eigenvalue weighted by Crippen LogP contribution is -3.00. The second-order valence-corrected chi connectivity index (χ2v) is 6.31. The van der Waals surface area contributed by atoms with Crippen molar-refractivity contribution in [2.45, 2.75) is 52.2 Å². The van der Waals surface area contributed by atoms with Crippen LogP contribution >= 0.6 is 0 Å². The summed E-state index contributed by atoms with van der Waals surface area (Å²) >= 11 is 0. The number of aromatic nitrogens is 2. The molecular weight excluding hydrogens is 380 g/mol. The molecule has 136 valence electrons. The smallest absolute Gasteiger partial charge is 0.342 e. The maximum atomic E-state index is 12.3. The van der Waals surface area contributed by atoms with Crippen LogP contribution in [0.5, 0.6) is 0 Å². The van der Waals surface area contributed by atoms with Gasteiger partial charge < -0.3 is 32.2 Å². The maximum Gasteiger partial charge on any atom is 0.342 e. The van der Waals surface area contributed by atoms with Crippen LogP contribution in [0.1, 0.15) is 38.4 Å². The number of quaternary nitrogens is 1. The molecule has 1 aliphatic heterocycles. The zero-order valence-electron chi connectivity index (χ0n) is 14.2. The molecule has 0 aliphatic carbocycles. The Morgan fingerprint density at radius 3 is 2.79 bits per heavy atom. The van der Waals surface area contributed by atoms with Gasteiger partial charge >= 0.3 is 11.7 Å². The molecule has 1 aliphatic rings. The van der Waals surface area contributed by atoms with E-state index in [2.05, 4.69) is 11.9 Å². The van der Waals surface area contributed by atoms with Crippen LogP contribution in [0.2, 0.25) is 0 Å². The lowest BCUT2D eigenvalue weighted by atomic mass is 10.2. The van der Waals surface area contributed by atoms with E-state index in [9.17, 15) is 20.0 Å². The van der Waals surface area contributed by atoms with Gasteiger partial charge in [-0.15, -0.1) is 0 Å². The first kappa shape index (κ1) is 20.7. The number of amides is 1. The van der Waals surface area contributed by atoms with Crippen LogP contribution in [0.4, 0.5) is 5.82 Å². The van der Waals surface area contributed by atoms with Crippen LogP contribution in [-0.2, 0) is 11.3 Å². The molecule has 2 unspecified atom stereocenters. The van der Waals surface area contributed by atoms with Crippen molar-refractivity contribution in [1.82, 2.24) is 9.55 Å². The number of hydrogen-bond donors (Lipinski definition) is 1. The number of halogens is 1. The highest BCUT2D eigenvalue weighted by Crippen LogP contribution is 2.24. The number of likely N-dealkylation sites (tertiary alicyclic amines) is 1. The summed E-state index contributed by atoms with van der Waals surface area (Å²) in [6.45, 7) is 5.63. The number of carbonyl (C=O) groups is 1. The van der Waals surface area contributed by atoms with Crippen LogP contribution in [0.15, 0.2) is 6.20 Å². The molecular formula is C15H25BrN4O4. The number of rotatable bonds is 8. The first-order chi connectivity index (χ1) is 10.9. The minimum atomic E-state index is -0.819. The van der Waals surface area contributed by atoms with Gasteiger partial charge in [0.05, 0.1) is 19.5 Å². The fraction of sp³-hybridized carbons (Fsp3) is 0.733. The highest BCUT2D eigenvalue weighted by Gasteiger charge is 2.42. The Labute approximate surface area is 152 Å². The van der Waals surface area contributed by atoms with E-state index < -0.39 is 11.0 Å². The van der Waals surface area contributed by atoms with Crippen molar-refractivity contribution in [3.8, 4) is 0 Å². The molecule has 24 heavy (non-hydrogen) atoms. The first-order valence-electron chi connectivity index (χ1n) is 8.13. The summed E-state index contributed by atoms with van der Waals surface area (Å²) in [6, 6.07) is 0. The van der Waals surface area contributed by atoms with Gasteiger partial charge in [0.25, 0.3) is 0 Å². The normalized spacial score (nSPS) is 21.5. The Bertz CT molecular complexity index is 592. The molecule has 1 N–H and O–H groups in total. The van der Waals surface area contributed by atoms with Gasteiger partial charge in [-0.25, -0.2) is 14.3 Å². The Morgan fingerprint density at radius 1 is 1.54 bits per heavy atom. The van der Waals surface area contributed by atoms with Crippen molar-refractivity contribution in [1.29, 1.82) is 0 Å². The van der Waals surface area contributed by atoms with Crippen LogP contribution in [0.3, 0.4) is 0 Å². The number of nitro groups is 1. The molecule has 0 aromatic carbocycles. The fourth-order valence-electron chi connectivity index (χ4n) is 3.38. The minimum absolute atomic E-state index is 0. The number of nitrogens with zero attached hydrogens (tertiary/aromatic N) is 4. The van der Waals surface area contributed by atoms with Gasteiger partial charge in [0.2, 0.25) is 0 Å². The molecule has 2 rings (SSSR count). The quantitative estimate of drug-likeness (QED) is 0.319. The number of aliphatic hydroxyl groups is 1. The predicted molar refractivity (Wildman–Crippen MR) is 83.6 cm³/mol. The zero-order chi connectivity index (χ0) is 17.0. The van der Waals surface area contributed by atoms with Gasteiger partial charge in [-0.1, -0.05) is 13.3 Å². The number of imidazole rings is 1. The molecule has 0 bridgehead atoms. The van der Waals surface area contributed by atoms with Crippen LogP contribution < -0.4 is 17.0 Å². The Hall–Kier alpha value is -1.32. The van der Waals surface area contributed by atoms with Crippen molar-refractivity contribution in [2.24, 2.45) is 0 Å². The Kier molecular flexibility index (Phi) is 7.50. The Balaban J connectivity index is 0.00000288. The highest BCUT2D eigenvalue weighted by atomic mass is 79.9. The van der Waals surface area contributed by atoms with Gasteiger partial charge in [0, 0.05) is 13.3 Å². The summed E-state index contributed by atoms with van der Waals surface area (Å²) in [4.78, 5) is 26.8. The zero-order valence-corrected chi connectivity index (χ0v) is 15.7. The molecule has 1 saturated heterocycles. The summed E-state index contributed by atoms with van der Waals surface area (Å²) < 4.78 is 1.71. The van der Waals surface area contributed by atoms with E-state index in [-0.39, 0.29) is 35.3 Å². The molecule has 1 aromatic heterocycles. The van der Waals surface area contributed by atoms with Crippen molar-refractivity contribution in [3.05, 3.63) is 22.1 Å².